The lowest BCUT2D eigenvalue weighted by atomic mass is 10.3. The molecule has 0 aliphatic rings. The molecule has 1 heterocycles. The summed E-state index contributed by atoms with van der Waals surface area (Å²) in [6.07, 6.45) is 5.08. The van der Waals surface area contributed by atoms with Gasteiger partial charge in [0.2, 0.25) is 5.91 Å². The highest BCUT2D eigenvalue weighted by Crippen LogP contribution is 2.21. The zero-order valence-electron chi connectivity index (χ0n) is 9.00. The topological polar surface area (TPSA) is 32.3 Å². The van der Waals surface area contributed by atoms with Crippen LogP contribution in [0.15, 0.2) is 15.2 Å². The van der Waals surface area contributed by atoms with Gasteiger partial charge in [-0.2, -0.15) is 0 Å². The van der Waals surface area contributed by atoms with Gasteiger partial charge in [0.25, 0.3) is 0 Å². The van der Waals surface area contributed by atoms with Gasteiger partial charge < -0.3 is 4.90 Å². The highest BCUT2D eigenvalue weighted by atomic mass is 79.9. The second kappa shape index (κ2) is 6.69. The van der Waals surface area contributed by atoms with Crippen molar-refractivity contribution in [3.05, 3.63) is 20.8 Å². The van der Waals surface area contributed by atoms with Gasteiger partial charge in [0, 0.05) is 13.6 Å². The number of hydrogen-bond donors (Lipinski definition) is 1. The predicted octanol–water partition coefficient (Wildman–Crippen LogP) is 1.69. The summed E-state index contributed by atoms with van der Waals surface area (Å²) in [5.74, 6) is 2.47. The summed E-state index contributed by atoms with van der Waals surface area (Å²) in [4.78, 5) is 13.3. The number of amides is 1. The second-order valence-electron chi connectivity index (χ2n) is 3.32. The fourth-order valence-corrected chi connectivity index (χ4v) is 2.37. The van der Waals surface area contributed by atoms with Crippen LogP contribution in [0.25, 0.3) is 0 Å². The minimum Gasteiger partial charge on any atom is -0.340 e. The normalized spacial score (nSPS) is 9.81. The molecule has 0 unspecified atom stereocenters. The van der Waals surface area contributed by atoms with E-state index in [9.17, 15) is 4.79 Å². The number of rotatable bonds is 5. The van der Waals surface area contributed by atoms with E-state index in [1.165, 1.54) is 0 Å². The molecule has 0 saturated carbocycles. The highest BCUT2D eigenvalue weighted by Gasteiger charge is 2.09. The van der Waals surface area contributed by atoms with Gasteiger partial charge in [-0.1, -0.05) is 5.92 Å². The molecule has 0 aliphatic heterocycles. The Kier molecular flexibility index (Phi) is 5.53. The molecule has 3 nitrogen and oxygen atoms in total. The van der Waals surface area contributed by atoms with E-state index in [1.807, 2.05) is 11.4 Å². The fourth-order valence-electron chi connectivity index (χ4n) is 1.17. The molecule has 5 heteroatoms. The average molecular weight is 301 g/mol. The molecule has 1 aromatic rings. The van der Waals surface area contributed by atoms with E-state index in [2.05, 4.69) is 27.2 Å². The molecule has 0 spiro atoms. The molecule has 86 valence electrons. The maximum Gasteiger partial charge on any atom is 0.236 e. The summed E-state index contributed by atoms with van der Waals surface area (Å²) >= 11 is 5.01. The maximum absolute atomic E-state index is 11.6. The van der Waals surface area contributed by atoms with Gasteiger partial charge in [-0.05, 0) is 32.9 Å². The average Bonchev–Trinajstić information content (AvgIpc) is 2.64. The van der Waals surface area contributed by atoms with E-state index in [-0.39, 0.29) is 12.5 Å². The van der Waals surface area contributed by atoms with Crippen LogP contribution < -0.4 is 5.32 Å². The molecule has 0 aromatic carbocycles. The van der Waals surface area contributed by atoms with Crippen LogP contribution in [0, 0.1) is 12.3 Å². The molecule has 1 aromatic heterocycles. The Morgan fingerprint density at radius 2 is 2.50 bits per heavy atom. The van der Waals surface area contributed by atoms with E-state index in [4.69, 9.17) is 6.42 Å². The Balaban J connectivity index is 2.37. The van der Waals surface area contributed by atoms with Crippen molar-refractivity contribution in [3.8, 4) is 12.3 Å². The van der Waals surface area contributed by atoms with Gasteiger partial charge in [-0.25, -0.2) is 0 Å². The van der Waals surface area contributed by atoms with Gasteiger partial charge in [0.15, 0.2) is 0 Å². The molecule has 1 amide bonds. The third-order valence-corrected chi connectivity index (χ3v) is 3.52. The number of carbonyl (C=O) groups is 1. The van der Waals surface area contributed by atoms with Crippen molar-refractivity contribution in [1.82, 2.24) is 10.2 Å². The summed E-state index contributed by atoms with van der Waals surface area (Å²) in [6, 6.07) is 2.02. The van der Waals surface area contributed by atoms with Gasteiger partial charge >= 0.3 is 0 Å². The van der Waals surface area contributed by atoms with Gasteiger partial charge in [-0.15, -0.1) is 17.8 Å². The minimum absolute atomic E-state index is 0.0394. The Labute approximate surface area is 108 Å². The monoisotopic (exact) mass is 300 g/mol. The quantitative estimate of drug-likeness (QED) is 0.663. The molecule has 1 rings (SSSR count). The standard InChI is InChI=1S/C11H13BrN2OS/c1-3-4-13-6-11(15)14(2)7-9-5-10(12)16-8-9/h1,5,8,13H,4,6-7H2,2H3. The smallest absolute Gasteiger partial charge is 0.236 e. The van der Waals surface area contributed by atoms with Crippen molar-refractivity contribution in [2.24, 2.45) is 0 Å². The molecule has 0 saturated heterocycles. The molecule has 0 atom stereocenters. The van der Waals surface area contributed by atoms with Crippen molar-refractivity contribution in [2.75, 3.05) is 20.1 Å². The second-order valence-corrected chi connectivity index (χ2v) is 5.61. The lowest BCUT2D eigenvalue weighted by Gasteiger charge is -2.16. The number of hydrogen-bond acceptors (Lipinski definition) is 3. The Morgan fingerprint density at radius 1 is 1.75 bits per heavy atom. The summed E-state index contributed by atoms with van der Waals surface area (Å²) in [6.45, 7) is 1.33. The van der Waals surface area contributed by atoms with Crippen LogP contribution in [0.4, 0.5) is 0 Å². The largest absolute Gasteiger partial charge is 0.340 e. The number of halogens is 1. The van der Waals surface area contributed by atoms with E-state index < -0.39 is 0 Å². The molecule has 0 bridgehead atoms. The van der Waals surface area contributed by atoms with Crippen LogP contribution in [-0.2, 0) is 11.3 Å². The Morgan fingerprint density at radius 3 is 3.06 bits per heavy atom. The van der Waals surface area contributed by atoms with E-state index in [0.717, 1.165) is 9.35 Å². The zero-order valence-corrected chi connectivity index (χ0v) is 11.4. The summed E-state index contributed by atoms with van der Waals surface area (Å²) in [7, 11) is 1.78. The van der Waals surface area contributed by atoms with Crippen molar-refractivity contribution in [2.45, 2.75) is 6.54 Å². The molecule has 0 fully saturated rings. The number of likely N-dealkylation sites (N-methyl/N-ethyl adjacent to an activating group) is 1. The van der Waals surface area contributed by atoms with Crippen molar-refractivity contribution < 1.29 is 4.79 Å². The predicted molar refractivity (Wildman–Crippen MR) is 70.2 cm³/mol. The first-order valence-corrected chi connectivity index (χ1v) is 6.42. The molecule has 0 aliphatic carbocycles. The number of thiophene rings is 1. The zero-order chi connectivity index (χ0) is 12.0. The van der Waals surface area contributed by atoms with Crippen molar-refractivity contribution >= 4 is 33.2 Å². The molecular formula is C11H13BrN2OS. The number of terminal acetylenes is 1. The molecule has 1 N–H and O–H groups in total. The number of nitrogens with one attached hydrogen (secondary N) is 1. The van der Waals surface area contributed by atoms with Gasteiger partial charge in [-0.3, -0.25) is 10.1 Å². The first-order valence-electron chi connectivity index (χ1n) is 4.74. The SMILES string of the molecule is C#CCNCC(=O)N(C)Cc1csc(Br)c1. The lowest BCUT2D eigenvalue weighted by molar-refractivity contribution is -0.129. The third kappa shape index (κ3) is 4.35. The first kappa shape index (κ1) is 13.2. The van der Waals surface area contributed by atoms with Gasteiger partial charge in [0.05, 0.1) is 16.9 Å². The van der Waals surface area contributed by atoms with Crippen LogP contribution in [0.5, 0.6) is 0 Å². The Hall–Kier alpha value is -0.830. The first-order chi connectivity index (χ1) is 7.63. The van der Waals surface area contributed by atoms with Crippen LogP contribution in [0.3, 0.4) is 0 Å². The van der Waals surface area contributed by atoms with Crippen molar-refractivity contribution in [1.29, 1.82) is 0 Å². The maximum atomic E-state index is 11.6. The number of nitrogens with zero attached hydrogens (tertiary/aromatic N) is 1. The van der Waals surface area contributed by atoms with Crippen LogP contribution in [0.1, 0.15) is 5.56 Å². The summed E-state index contributed by atoms with van der Waals surface area (Å²) in [5, 5.41) is 4.90. The van der Waals surface area contributed by atoms with Crippen LogP contribution in [0.2, 0.25) is 0 Å². The fraction of sp³-hybridized carbons (Fsp3) is 0.364. The van der Waals surface area contributed by atoms with Crippen LogP contribution in [-0.4, -0.2) is 30.9 Å². The third-order valence-electron chi connectivity index (χ3n) is 1.97. The summed E-state index contributed by atoms with van der Waals surface area (Å²) < 4.78 is 1.08. The van der Waals surface area contributed by atoms with E-state index in [0.29, 0.717) is 13.1 Å². The molecule has 16 heavy (non-hydrogen) atoms. The highest BCUT2D eigenvalue weighted by molar-refractivity contribution is 9.11. The van der Waals surface area contributed by atoms with Gasteiger partial charge in [0.1, 0.15) is 0 Å². The van der Waals surface area contributed by atoms with E-state index >= 15 is 0 Å². The van der Waals surface area contributed by atoms with Crippen LogP contribution >= 0.6 is 27.3 Å². The minimum atomic E-state index is 0.0394. The molecule has 0 radical (unpaired) electrons. The lowest BCUT2D eigenvalue weighted by Crippen LogP contribution is -2.35. The molecular weight excluding hydrogens is 288 g/mol. The number of carbonyl (C=O) groups excluding carboxylic acids is 1. The van der Waals surface area contributed by atoms with E-state index in [1.54, 1.807) is 23.3 Å². The Bertz CT molecular complexity index is 397. The van der Waals surface area contributed by atoms with Crippen molar-refractivity contribution in [3.63, 3.8) is 0 Å². The summed E-state index contributed by atoms with van der Waals surface area (Å²) in [5.41, 5.74) is 1.13.